The molecule has 0 radical (unpaired) electrons. The molecule has 0 aromatic heterocycles. The van der Waals surface area contributed by atoms with E-state index < -0.39 is 5.60 Å². The van der Waals surface area contributed by atoms with Crippen LogP contribution in [0.25, 0.3) is 0 Å². The fourth-order valence-electron chi connectivity index (χ4n) is 6.18. The van der Waals surface area contributed by atoms with E-state index >= 15 is 0 Å². The fraction of sp³-hybridized carbons (Fsp3) is 0.619. The molecule has 0 amide bonds. The van der Waals surface area contributed by atoms with Gasteiger partial charge in [0.2, 0.25) is 0 Å². The monoisotopic (exact) mass is 339 g/mol. The number of benzene rings is 1. The van der Waals surface area contributed by atoms with Crippen molar-refractivity contribution in [2.24, 2.45) is 5.92 Å². The van der Waals surface area contributed by atoms with Crippen molar-refractivity contribution in [3.8, 4) is 11.5 Å². The molecule has 2 bridgehead atoms. The van der Waals surface area contributed by atoms with Gasteiger partial charge in [0.25, 0.3) is 0 Å². The molecule has 0 unspecified atom stereocenters. The predicted molar refractivity (Wildman–Crippen MR) is 94.2 cm³/mol. The number of piperidine rings is 1. The van der Waals surface area contributed by atoms with Crippen LogP contribution in [-0.4, -0.2) is 48.0 Å². The lowest BCUT2D eigenvalue weighted by atomic mass is 9.50. The second-order valence-electron chi connectivity index (χ2n) is 8.61. The smallest absolute Gasteiger partial charge is 0.166 e. The van der Waals surface area contributed by atoms with Gasteiger partial charge in [0, 0.05) is 18.2 Å². The number of rotatable bonds is 3. The van der Waals surface area contributed by atoms with E-state index in [1.54, 1.807) is 7.11 Å². The first kappa shape index (κ1) is 14.6. The molecule has 6 rings (SSSR count). The third-order valence-corrected chi connectivity index (χ3v) is 7.51. The minimum absolute atomic E-state index is 0.0674. The number of hydrogen-bond acceptors (Lipinski definition) is 4. The Kier molecular flexibility index (Phi) is 2.69. The van der Waals surface area contributed by atoms with Crippen LogP contribution in [0.5, 0.6) is 11.5 Å². The minimum atomic E-state index is -0.732. The molecule has 4 heteroatoms. The van der Waals surface area contributed by atoms with E-state index in [0.717, 1.165) is 49.8 Å². The van der Waals surface area contributed by atoms with Gasteiger partial charge < -0.3 is 14.6 Å². The highest BCUT2D eigenvalue weighted by atomic mass is 16.5. The zero-order chi connectivity index (χ0) is 16.8. The topological polar surface area (TPSA) is 41.9 Å². The first-order chi connectivity index (χ1) is 12.2. The zero-order valence-corrected chi connectivity index (χ0v) is 14.7. The van der Waals surface area contributed by atoms with Crippen LogP contribution < -0.4 is 9.47 Å². The lowest BCUT2D eigenvalue weighted by Gasteiger charge is -2.62. The van der Waals surface area contributed by atoms with E-state index in [-0.39, 0.29) is 17.6 Å². The Balaban J connectivity index is 1.57. The highest BCUT2D eigenvalue weighted by molar-refractivity contribution is 5.63. The fourth-order valence-corrected chi connectivity index (χ4v) is 6.18. The summed E-state index contributed by atoms with van der Waals surface area (Å²) < 4.78 is 12.0. The molecule has 1 saturated heterocycles. The summed E-state index contributed by atoms with van der Waals surface area (Å²) in [5, 5.41) is 12.1. The normalized spacial score (nSPS) is 40.6. The largest absolute Gasteiger partial charge is 0.493 e. The second-order valence-corrected chi connectivity index (χ2v) is 8.61. The van der Waals surface area contributed by atoms with Crippen LogP contribution in [-0.2, 0) is 11.8 Å². The quantitative estimate of drug-likeness (QED) is 0.859. The number of aliphatic hydroxyl groups is 1. The molecule has 1 saturated carbocycles. The summed E-state index contributed by atoms with van der Waals surface area (Å²) in [7, 11) is 1.70. The van der Waals surface area contributed by atoms with Crippen LogP contribution in [0.15, 0.2) is 24.3 Å². The molecule has 2 aliphatic heterocycles. The standard InChI is InChI=1S/C21H25NO3/c1-24-15-7-6-14-11-16-21(23)8-2-3-17-20(21,18(14)19(15)25-17)9-10-22(16)12-13-4-5-13/h2-3,6-7,13,16-17,23H,4-5,8-12H2,1H3/t16-,17+,20-,21-/m1/s1. The van der Waals surface area contributed by atoms with Gasteiger partial charge in [-0.15, -0.1) is 0 Å². The molecular formula is C21H25NO3. The molecule has 5 aliphatic rings. The molecule has 25 heavy (non-hydrogen) atoms. The molecule has 4 atom stereocenters. The highest BCUT2D eigenvalue weighted by Crippen LogP contribution is 2.64. The maximum atomic E-state index is 12.1. The van der Waals surface area contributed by atoms with Gasteiger partial charge in [-0.05, 0) is 62.3 Å². The van der Waals surface area contributed by atoms with Gasteiger partial charge in [-0.25, -0.2) is 0 Å². The first-order valence-electron chi connectivity index (χ1n) is 9.67. The predicted octanol–water partition coefficient (Wildman–Crippen LogP) is 2.43. The van der Waals surface area contributed by atoms with Gasteiger partial charge >= 0.3 is 0 Å². The SMILES string of the molecule is COc1ccc2c3c1O[C@H]1C=CC[C@@]4(O)[C@@H](C2)N(CC2CC2)CC[C@]314. The van der Waals surface area contributed by atoms with Gasteiger partial charge in [-0.1, -0.05) is 12.1 Å². The van der Waals surface area contributed by atoms with Crippen LogP contribution in [0.3, 0.4) is 0 Å². The molecule has 1 aromatic carbocycles. The molecule has 2 fully saturated rings. The maximum Gasteiger partial charge on any atom is 0.166 e. The zero-order valence-electron chi connectivity index (χ0n) is 14.7. The lowest BCUT2D eigenvalue weighted by molar-refractivity contribution is -0.161. The van der Waals surface area contributed by atoms with Crippen molar-refractivity contribution in [3.63, 3.8) is 0 Å². The molecule has 3 aliphatic carbocycles. The van der Waals surface area contributed by atoms with Gasteiger partial charge in [-0.2, -0.15) is 0 Å². The summed E-state index contributed by atoms with van der Waals surface area (Å²) in [6.07, 6.45) is 9.58. The molecule has 4 nitrogen and oxygen atoms in total. The van der Waals surface area contributed by atoms with Gasteiger partial charge in [-0.3, -0.25) is 4.90 Å². The summed E-state index contributed by atoms with van der Waals surface area (Å²) in [4.78, 5) is 2.59. The van der Waals surface area contributed by atoms with Crippen molar-refractivity contribution in [2.45, 2.75) is 55.3 Å². The maximum absolute atomic E-state index is 12.1. The average Bonchev–Trinajstić information content (AvgIpc) is 3.35. The van der Waals surface area contributed by atoms with Crippen LogP contribution in [0, 0.1) is 5.92 Å². The number of nitrogens with zero attached hydrogens (tertiary/aromatic N) is 1. The summed E-state index contributed by atoms with van der Waals surface area (Å²) >= 11 is 0. The molecule has 2 heterocycles. The van der Waals surface area contributed by atoms with Gasteiger partial charge in [0.15, 0.2) is 11.5 Å². The second kappa shape index (κ2) is 4.60. The van der Waals surface area contributed by atoms with Crippen molar-refractivity contribution in [1.82, 2.24) is 4.90 Å². The van der Waals surface area contributed by atoms with Crippen molar-refractivity contribution in [1.29, 1.82) is 0 Å². The number of likely N-dealkylation sites (tertiary alicyclic amines) is 1. The Morgan fingerprint density at radius 2 is 2.24 bits per heavy atom. The Morgan fingerprint density at radius 1 is 1.36 bits per heavy atom. The Bertz CT molecular complexity index is 786. The van der Waals surface area contributed by atoms with E-state index in [1.807, 2.05) is 6.07 Å². The van der Waals surface area contributed by atoms with E-state index in [2.05, 4.69) is 23.1 Å². The number of methoxy groups -OCH3 is 1. The molecule has 1 spiro atoms. The third-order valence-electron chi connectivity index (χ3n) is 7.51. The van der Waals surface area contributed by atoms with E-state index in [4.69, 9.17) is 9.47 Å². The Morgan fingerprint density at radius 3 is 3.04 bits per heavy atom. The molecule has 1 aromatic rings. The van der Waals surface area contributed by atoms with E-state index in [0.29, 0.717) is 0 Å². The summed E-state index contributed by atoms with van der Waals surface area (Å²) in [5.41, 5.74) is 1.56. The minimum Gasteiger partial charge on any atom is -0.493 e. The van der Waals surface area contributed by atoms with Crippen LogP contribution in [0.4, 0.5) is 0 Å². The van der Waals surface area contributed by atoms with Gasteiger partial charge in [0.05, 0.1) is 18.1 Å². The molecular weight excluding hydrogens is 314 g/mol. The van der Waals surface area contributed by atoms with Crippen molar-refractivity contribution in [3.05, 3.63) is 35.4 Å². The number of ether oxygens (including phenoxy) is 2. The van der Waals surface area contributed by atoms with Crippen molar-refractivity contribution < 1.29 is 14.6 Å². The van der Waals surface area contributed by atoms with Crippen molar-refractivity contribution in [2.75, 3.05) is 20.2 Å². The lowest BCUT2D eigenvalue weighted by Crippen LogP contribution is -2.74. The Labute approximate surface area is 148 Å². The van der Waals surface area contributed by atoms with Crippen LogP contribution in [0.1, 0.15) is 36.8 Å². The van der Waals surface area contributed by atoms with Crippen LogP contribution in [0.2, 0.25) is 0 Å². The average molecular weight is 339 g/mol. The first-order valence-corrected chi connectivity index (χ1v) is 9.67. The number of hydrogen-bond donors (Lipinski definition) is 1. The van der Waals surface area contributed by atoms with Gasteiger partial charge in [0.1, 0.15) is 6.10 Å². The third kappa shape index (κ3) is 1.61. The Hall–Kier alpha value is -1.52. The van der Waals surface area contributed by atoms with E-state index in [1.165, 1.54) is 24.0 Å². The van der Waals surface area contributed by atoms with E-state index in [9.17, 15) is 5.11 Å². The summed E-state index contributed by atoms with van der Waals surface area (Å²) in [6, 6.07) is 4.44. The highest BCUT2D eigenvalue weighted by Gasteiger charge is 2.70. The van der Waals surface area contributed by atoms with Crippen LogP contribution >= 0.6 is 0 Å². The van der Waals surface area contributed by atoms with Crippen molar-refractivity contribution >= 4 is 0 Å². The molecule has 132 valence electrons. The summed E-state index contributed by atoms with van der Waals surface area (Å²) in [5.74, 6) is 2.53. The summed E-state index contributed by atoms with van der Waals surface area (Å²) in [6.45, 7) is 2.21. The molecule has 1 N–H and O–H groups in total.